The van der Waals surface area contributed by atoms with Crippen LogP contribution in [0.2, 0.25) is 0 Å². The molecule has 4 nitrogen and oxygen atoms in total. The van der Waals surface area contributed by atoms with Crippen molar-refractivity contribution in [1.82, 2.24) is 10.2 Å². The highest BCUT2D eigenvalue weighted by Gasteiger charge is 2.38. The lowest BCUT2D eigenvalue weighted by Gasteiger charge is -2.32. The predicted molar refractivity (Wildman–Crippen MR) is 116 cm³/mol. The molecule has 2 unspecified atom stereocenters. The summed E-state index contributed by atoms with van der Waals surface area (Å²) in [5, 5.41) is 12.9. The van der Waals surface area contributed by atoms with Crippen LogP contribution in [0.4, 0.5) is 0 Å². The molecule has 2 aromatic rings. The molecule has 1 saturated heterocycles. The van der Waals surface area contributed by atoms with Gasteiger partial charge in [0, 0.05) is 12.0 Å². The first-order valence-electron chi connectivity index (χ1n) is 11.0. The lowest BCUT2D eigenvalue weighted by molar-refractivity contribution is 0.0696. The lowest BCUT2D eigenvalue weighted by atomic mass is 9.96. The van der Waals surface area contributed by atoms with Crippen LogP contribution in [0, 0.1) is 5.92 Å². The Morgan fingerprint density at radius 2 is 1.86 bits per heavy atom. The van der Waals surface area contributed by atoms with Crippen LogP contribution in [0.3, 0.4) is 0 Å². The van der Waals surface area contributed by atoms with Crippen LogP contribution < -0.4 is 5.32 Å². The van der Waals surface area contributed by atoms with E-state index in [4.69, 9.17) is 5.11 Å². The monoisotopic (exact) mass is 392 g/mol. The Morgan fingerprint density at radius 1 is 1.07 bits per heavy atom. The van der Waals surface area contributed by atoms with Gasteiger partial charge in [-0.25, -0.2) is 4.79 Å². The molecule has 1 aliphatic heterocycles. The molecule has 2 atom stereocenters. The maximum absolute atomic E-state index is 11.1. The van der Waals surface area contributed by atoms with Crippen LogP contribution in [0.5, 0.6) is 0 Å². The van der Waals surface area contributed by atoms with E-state index in [0.717, 1.165) is 43.3 Å². The predicted octanol–water partition coefficient (Wildman–Crippen LogP) is 4.18. The normalized spacial score (nSPS) is 22.5. The summed E-state index contributed by atoms with van der Waals surface area (Å²) in [6, 6.07) is 18.9. The first-order valence-corrected chi connectivity index (χ1v) is 11.0. The number of carbonyl (C=O) groups is 1. The number of aryl methyl sites for hydroxylation is 1. The van der Waals surface area contributed by atoms with Crippen molar-refractivity contribution in [2.75, 3.05) is 26.2 Å². The lowest BCUT2D eigenvalue weighted by Crippen LogP contribution is -2.38. The third-order valence-electron chi connectivity index (χ3n) is 6.51. The SMILES string of the molecule is O=C(O)c1cccc(CCCN2CCC(CNC3CC3c3ccccc3)CC2)c1. The minimum Gasteiger partial charge on any atom is -0.478 e. The molecule has 2 N–H and O–H groups in total. The average Bonchev–Trinajstić information content (AvgIpc) is 3.54. The molecule has 1 heterocycles. The van der Waals surface area contributed by atoms with Crippen LogP contribution in [-0.2, 0) is 6.42 Å². The summed E-state index contributed by atoms with van der Waals surface area (Å²) in [6.07, 6.45) is 5.89. The van der Waals surface area contributed by atoms with Crippen molar-refractivity contribution < 1.29 is 9.90 Å². The summed E-state index contributed by atoms with van der Waals surface area (Å²) in [6.45, 7) is 4.64. The highest BCUT2D eigenvalue weighted by atomic mass is 16.4. The molecule has 154 valence electrons. The summed E-state index contributed by atoms with van der Waals surface area (Å²) in [4.78, 5) is 13.7. The smallest absolute Gasteiger partial charge is 0.335 e. The summed E-state index contributed by atoms with van der Waals surface area (Å²) in [5.74, 6) is 0.676. The molecule has 0 spiro atoms. The topological polar surface area (TPSA) is 52.6 Å². The van der Waals surface area contributed by atoms with Crippen molar-refractivity contribution in [3.8, 4) is 0 Å². The number of rotatable bonds is 9. The quantitative estimate of drug-likeness (QED) is 0.672. The third kappa shape index (κ3) is 5.68. The van der Waals surface area contributed by atoms with Crippen molar-refractivity contribution >= 4 is 5.97 Å². The number of benzene rings is 2. The third-order valence-corrected chi connectivity index (χ3v) is 6.51. The minimum absolute atomic E-state index is 0.390. The van der Waals surface area contributed by atoms with Crippen LogP contribution >= 0.6 is 0 Å². The first-order chi connectivity index (χ1) is 14.2. The van der Waals surface area contributed by atoms with E-state index in [-0.39, 0.29) is 0 Å². The van der Waals surface area contributed by atoms with Gasteiger partial charge in [0.25, 0.3) is 0 Å². The molecule has 2 aliphatic rings. The molecule has 2 aromatic carbocycles. The van der Waals surface area contributed by atoms with Gasteiger partial charge in [0.05, 0.1) is 5.56 Å². The number of aromatic carboxylic acids is 1. The second kappa shape index (κ2) is 9.55. The summed E-state index contributed by atoms with van der Waals surface area (Å²) < 4.78 is 0. The van der Waals surface area contributed by atoms with E-state index in [1.807, 2.05) is 12.1 Å². The van der Waals surface area contributed by atoms with E-state index >= 15 is 0 Å². The number of carboxylic acids is 1. The number of nitrogens with zero attached hydrogens (tertiary/aromatic N) is 1. The molecule has 1 saturated carbocycles. The van der Waals surface area contributed by atoms with E-state index in [1.54, 1.807) is 12.1 Å². The summed E-state index contributed by atoms with van der Waals surface area (Å²) in [7, 11) is 0. The second-order valence-electron chi connectivity index (χ2n) is 8.66. The van der Waals surface area contributed by atoms with Crippen molar-refractivity contribution in [2.24, 2.45) is 5.92 Å². The van der Waals surface area contributed by atoms with Crippen molar-refractivity contribution in [1.29, 1.82) is 0 Å². The average molecular weight is 393 g/mol. The number of hydrogen-bond donors (Lipinski definition) is 2. The summed E-state index contributed by atoms with van der Waals surface area (Å²) in [5.41, 5.74) is 3.00. The Morgan fingerprint density at radius 3 is 2.62 bits per heavy atom. The molecule has 1 aliphatic carbocycles. The van der Waals surface area contributed by atoms with Gasteiger partial charge in [0.15, 0.2) is 0 Å². The van der Waals surface area contributed by atoms with E-state index in [2.05, 4.69) is 40.5 Å². The van der Waals surface area contributed by atoms with Gasteiger partial charge in [-0.15, -0.1) is 0 Å². The Bertz CT molecular complexity index is 799. The maximum Gasteiger partial charge on any atom is 0.335 e. The Hall–Kier alpha value is -2.17. The largest absolute Gasteiger partial charge is 0.478 e. The number of nitrogens with one attached hydrogen (secondary N) is 1. The molecule has 0 amide bonds. The molecule has 0 aromatic heterocycles. The molecule has 0 bridgehead atoms. The van der Waals surface area contributed by atoms with Crippen molar-refractivity contribution in [3.05, 3.63) is 71.3 Å². The zero-order valence-electron chi connectivity index (χ0n) is 17.1. The van der Waals surface area contributed by atoms with Crippen molar-refractivity contribution in [2.45, 2.75) is 44.1 Å². The van der Waals surface area contributed by atoms with Crippen LogP contribution in [0.1, 0.15) is 53.1 Å². The van der Waals surface area contributed by atoms with Crippen LogP contribution in [-0.4, -0.2) is 48.2 Å². The van der Waals surface area contributed by atoms with Gasteiger partial charge in [-0.3, -0.25) is 0 Å². The van der Waals surface area contributed by atoms with Crippen LogP contribution in [0.25, 0.3) is 0 Å². The number of carboxylic acid groups (broad SMARTS) is 1. The standard InChI is InChI=1S/C25H32N2O2/c28-25(29)22-10-4-6-19(16-22)7-5-13-27-14-11-20(12-15-27)18-26-24-17-23(24)21-8-2-1-3-9-21/h1-4,6,8-10,16,20,23-24,26H,5,7,11-15,17-18H2,(H,28,29). The molecule has 2 fully saturated rings. The first kappa shape index (κ1) is 20.1. The molecular weight excluding hydrogens is 360 g/mol. The number of piperidine rings is 1. The van der Waals surface area contributed by atoms with Crippen molar-refractivity contribution in [3.63, 3.8) is 0 Å². The highest BCUT2D eigenvalue weighted by Crippen LogP contribution is 2.40. The molecule has 0 radical (unpaired) electrons. The molecule has 29 heavy (non-hydrogen) atoms. The Kier molecular flexibility index (Phi) is 6.63. The molecule has 4 rings (SSSR count). The van der Waals surface area contributed by atoms with E-state index < -0.39 is 5.97 Å². The summed E-state index contributed by atoms with van der Waals surface area (Å²) >= 11 is 0. The van der Waals surface area contributed by atoms with Crippen LogP contribution in [0.15, 0.2) is 54.6 Å². The van der Waals surface area contributed by atoms with E-state index in [9.17, 15) is 4.79 Å². The van der Waals surface area contributed by atoms with Gasteiger partial charge in [0.2, 0.25) is 0 Å². The minimum atomic E-state index is -0.844. The molecule has 4 heteroatoms. The fourth-order valence-corrected chi connectivity index (χ4v) is 4.59. The maximum atomic E-state index is 11.1. The zero-order valence-corrected chi connectivity index (χ0v) is 17.1. The number of likely N-dealkylation sites (tertiary alicyclic amines) is 1. The van der Waals surface area contributed by atoms with Gasteiger partial charge in [-0.05, 0) is 87.5 Å². The van der Waals surface area contributed by atoms with Gasteiger partial charge in [-0.1, -0.05) is 42.5 Å². The van der Waals surface area contributed by atoms with Gasteiger partial charge in [-0.2, -0.15) is 0 Å². The fraction of sp³-hybridized carbons (Fsp3) is 0.480. The van der Waals surface area contributed by atoms with Gasteiger partial charge >= 0.3 is 5.97 Å². The second-order valence-corrected chi connectivity index (χ2v) is 8.66. The van der Waals surface area contributed by atoms with Gasteiger partial charge in [0.1, 0.15) is 0 Å². The van der Waals surface area contributed by atoms with E-state index in [1.165, 1.54) is 37.9 Å². The van der Waals surface area contributed by atoms with Gasteiger partial charge < -0.3 is 15.3 Å². The van der Waals surface area contributed by atoms with E-state index in [0.29, 0.717) is 11.6 Å². The molecular formula is C25H32N2O2. The fourth-order valence-electron chi connectivity index (χ4n) is 4.59. The Balaban J connectivity index is 1.11. The number of hydrogen-bond acceptors (Lipinski definition) is 3. The zero-order chi connectivity index (χ0) is 20.1. The Labute approximate surface area is 173 Å². The highest BCUT2D eigenvalue weighted by molar-refractivity contribution is 5.87.